The van der Waals surface area contributed by atoms with E-state index in [4.69, 9.17) is 9.47 Å². The molecule has 20 heavy (non-hydrogen) atoms. The average molecular weight is 273 g/mol. The maximum absolute atomic E-state index is 5.67. The van der Waals surface area contributed by atoms with Crippen molar-refractivity contribution < 1.29 is 9.47 Å². The molecular formula is C15H19N3O2. The summed E-state index contributed by atoms with van der Waals surface area (Å²) in [6.07, 6.45) is 4.30. The van der Waals surface area contributed by atoms with Gasteiger partial charge in [-0.1, -0.05) is 12.1 Å². The van der Waals surface area contributed by atoms with Crippen molar-refractivity contribution in [3.8, 4) is 5.75 Å². The van der Waals surface area contributed by atoms with Gasteiger partial charge < -0.3 is 14.8 Å². The zero-order valence-electron chi connectivity index (χ0n) is 11.8. The van der Waals surface area contributed by atoms with Gasteiger partial charge in [0, 0.05) is 14.2 Å². The Hall–Kier alpha value is -2.14. The van der Waals surface area contributed by atoms with Gasteiger partial charge >= 0.3 is 0 Å². The van der Waals surface area contributed by atoms with Gasteiger partial charge in [0.2, 0.25) is 0 Å². The third-order valence-corrected chi connectivity index (χ3v) is 2.87. The van der Waals surface area contributed by atoms with Gasteiger partial charge in [-0.3, -0.25) is 4.98 Å². The molecule has 0 amide bonds. The Labute approximate surface area is 119 Å². The molecule has 0 aliphatic rings. The summed E-state index contributed by atoms with van der Waals surface area (Å²) in [6, 6.07) is 8.01. The van der Waals surface area contributed by atoms with E-state index in [1.165, 1.54) is 5.56 Å². The van der Waals surface area contributed by atoms with Gasteiger partial charge in [-0.15, -0.1) is 0 Å². The lowest BCUT2D eigenvalue weighted by Gasteiger charge is -2.07. The zero-order chi connectivity index (χ0) is 14.2. The van der Waals surface area contributed by atoms with Crippen LogP contribution in [0.4, 0.5) is 5.82 Å². The summed E-state index contributed by atoms with van der Waals surface area (Å²) in [5.74, 6) is 1.57. The minimum atomic E-state index is 0.411. The molecule has 0 aliphatic carbocycles. The van der Waals surface area contributed by atoms with Gasteiger partial charge in [-0.25, -0.2) is 4.98 Å². The molecule has 5 nitrogen and oxygen atoms in total. The first-order valence-electron chi connectivity index (χ1n) is 6.51. The van der Waals surface area contributed by atoms with Gasteiger partial charge in [0.05, 0.1) is 24.7 Å². The van der Waals surface area contributed by atoms with E-state index in [9.17, 15) is 0 Å². The fourth-order valence-corrected chi connectivity index (χ4v) is 1.69. The molecule has 0 atom stereocenters. The van der Waals surface area contributed by atoms with Crippen LogP contribution in [0.25, 0.3) is 0 Å². The van der Waals surface area contributed by atoms with Crippen LogP contribution >= 0.6 is 0 Å². The van der Waals surface area contributed by atoms with Crippen LogP contribution in [0.1, 0.15) is 11.3 Å². The van der Waals surface area contributed by atoms with Crippen molar-refractivity contribution in [1.29, 1.82) is 0 Å². The van der Waals surface area contributed by atoms with E-state index < -0.39 is 0 Å². The van der Waals surface area contributed by atoms with E-state index in [2.05, 4.69) is 15.3 Å². The first kappa shape index (κ1) is 14.3. The monoisotopic (exact) mass is 273 g/mol. The van der Waals surface area contributed by atoms with Crippen LogP contribution in [-0.2, 0) is 17.8 Å². The van der Waals surface area contributed by atoms with Gasteiger partial charge in [0.25, 0.3) is 0 Å². The molecule has 1 aromatic carbocycles. The maximum atomic E-state index is 5.67. The third-order valence-electron chi connectivity index (χ3n) is 2.87. The molecule has 106 valence electrons. The zero-order valence-corrected chi connectivity index (χ0v) is 11.8. The number of nitrogens with zero attached hydrogens (tertiary/aromatic N) is 2. The fourth-order valence-electron chi connectivity index (χ4n) is 1.69. The van der Waals surface area contributed by atoms with Crippen LogP contribution in [0, 0.1) is 0 Å². The Kier molecular flexibility index (Phi) is 5.32. The fraction of sp³-hybridized carbons (Fsp3) is 0.333. The molecule has 5 heteroatoms. The van der Waals surface area contributed by atoms with E-state index in [-0.39, 0.29) is 0 Å². The van der Waals surface area contributed by atoms with Crippen LogP contribution in [0.2, 0.25) is 0 Å². The standard InChI is InChI=1S/C15H19N3O2/c1-16-15-10-17-13(9-18-15)11-20-14-5-3-12(4-6-14)7-8-19-2/h3-6,9-10H,7-8,11H2,1-2H3,(H,16,18). The highest BCUT2D eigenvalue weighted by Gasteiger charge is 1.99. The second-order valence-corrected chi connectivity index (χ2v) is 4.32. The molecule has 0 bridgehead atoms. The van der Waals surface area contributed by atoms with Crippen molar-refractivity contribution >= 4 is 5.82 Å². The lowest BCUT2D eigenvalue weighted by Crippen LogP contribution is -2.01. The van der Waals surface area contributed by atoms with Gasteiger partial charge in [0.1, 0.15) is 18.2 Å². The second-order valence-electron chi connectivity index (χ2n) is 4.32. The predicted molar refractivity (Wildman–Crippen MR) is 77.9 cm³/mol. The van der Waals surface area contributed by atoms with Crippen LogP contribution in [0.15, 0.2) is 36.7 Å². The quantitative estimate of drug-likeness (QED) is 0.838. The van der Waals surface area contributed by atoms with Crippen LogP contribution in [-0.4, -0.2) is 30.7 Å². The number of benzene rings is 1. The lowest BCUT2D eigenvalue weighted by molar-refractivity contribution is 0.202. The average Bonchev–Trinajstić information content (AvgIpc) is 2.52. The summed E-state index contributed by atoms with van der Waals surface area (Å²) in [5.41, 5.74) is 2.03. The largest absolute Gasteiger partial charge is 0.487 e. The number of aromatic nitrogens is 2. The summed E-state index contributed by atoms with van der Waals surface area (Å²) < 4.78 is 10.7. The molecule has 0 aliphatic heterocycles. The molecule has 1 N–H and O–H groups in total. The Morgan fingerprint density at radius 1 is 1.10 bits per heavy atom. The number of hydrogen-bond donors (Lipinski definition) is 1. The first-order valence-corrected chi connectivity index (χ1v) is 6.51. The molecule has 0 spiro atoms. The molecule has 2 rings (SSSR count). The van der Waals surface area contributed by atoms with Gasteiger partial charge in [-0.05, 0) is 24.1 Å². The molecule has 0 saturated carbocycles. The van der Waals surface area contributed by atoms with E-state index in [0.717, 1.165) is 30.3 Å². The smallest absolute Gasteiger partial charge is 0.144 e. The Balaban J connectivity index is 1.86. The number of rotatable bonds is 7. The van der Waals surface area contributed by atoms with Crippen LogP contribution in [0.3, 0.4) is 0 Å². The molecule has 1 aromatic heterocycles. The van der Waals surface area contributed by atoms with Gasteiger partial charge in [-0.2, -0.15) is 0 Å². The summed E-state index contributed by atoms with van der Waals surface area (Å²) >= 11 is 0. The highest BCUT2D eigenvalue weighted by molar-refractivity contribution is 5.30. The Morgan fingerprint density at radius 2 is 1.90 bits per heavy atom. The minimum absolute atomic E-state index is 0.411. The number of anilines is 1. The highest BCUT2D eigenvalue weighted by atomic mass is 16.5. The SMILES string of the molecule is CNc1cnc(COc2ccc(CCOC)cc2)cn1. The van der Waals surface area contributed by atoms with Crippen molar-refractivity contribution in [1.82, 2.24) is 9.97 Å². The summed E-state index contributed by atoms with van der Waals surface area (Å²) in [6.45, 7) is 1.14. The Morgan fingerprint density at radius 3 is 2.50 bits per heavy atom. The second kappa shape index (κ2) is 7.45. The molecule has 0 saturated heterocycles. The number of nitrogens with one attached hydrogen (secondary N) is 1. The normalized spacial score (nSPS) is 10.3. The van der Waals surface area contributed by atoms with Crippen molar-refractivity contribution in [2.45, 2.75) is 13.0 Å². The summed E-state index contributed by atoms with van der Waals surface area (Å²) in [7, 11) is 3.52. The molecule has 0 radical (unpaired) electrons. The number of hydrogen-bond acceptors (Lipinski definition) is 5. The molecule has 2 aromatic rings. The van der Waals surface area contributed by atoms with Crippen molar-refractivity contribution in [3.05, 3.63) is 47.9 Å². The van der Waals surface area contributed by atoms with E-state index >= 15 is 0 Å². The van der Waals surface area contributed by atoms with Gasteiger partial charge in [0.15, 0.2) is 0 Å². The minimum Gasteiger partial charge on any atom is -0.487 e. The number of ether oxygens (including phenoxy) is 2. The first-order chi connectivity index (χ1) is 9.81. The third kappa shape index (κ3) is 4.20. The maximum Gasteiger partial charge on any atom is 0.144 e. The Bertz CT molecular complexity index is 512. The van der Waals surface area contributed by atoms with E-state index in [0.29, 0.717) is 6.61 Å². The van der Waals surface area contributed by atoms with E-state index in [1.54, 1.807) is 19.5 Å². The van der Waals surface area contributed by atoms with Crippen molar-refractivity contribution in [2.75, 3.05) is 26.1 Å². The predicted octanol–water partition coefficient (Wildman–Crippen LogP) is 2.29. The summed E-state index contributed by atoms with van der Waals surface area (Å²) in [5, 5.41) is 2.93. The van der Waals surface area contributed by atoms with Crippen molar-refractivity contribution in [3.63, 3.8) is 0 Å². The molecular weight excluding hydrogens is 254 g/mol. The van der Waals surface area contributed by atoms with Crippen LogP contribution in [0.5, 0.6) is 5.75 Å². The molecule has 1 heterocycles. The highest BCUT2D eigenvalue weighted by Crippen LogP contribution is 2.14. The van der Waals surface area contributed by atoms with Crippen LogP contribution < -0.4 is 10.1 Å². The van der Waals surface area contributed by atoms with Crippen molar-refractivity contribution in [2.24, 2.45) is 0 Å². The molecule has 0 fully saturated rings. The topological polar surface area (TPSA) is 56.3 Å². The summed E-state index contributed by atoms with van der Waals surface area (Å²) in [4.78, 5) is 8.45. The molecule has 0 unspecified atom stereocenters. The number of methoxy groups -OCH3 is 1. The van der Waals surface area contributed by atoms with E-state index in [1.807, 2.05) is 31.3 Å². The lowest BCUT2D eigenvalue weighted by atomic mass is 10.1.